The Balaban J connectivity index is 2.06. The van der Waals surface area contributed by atoms with Crippen molar-refractivity contribution in [2.75, 3.05) is 26.8 Å². The summed E-state index contributed by atoms with van der Waals surface area (Å²) in [4.78, 5) is 14.8. The third-order valence-electron chi connectivity index (χ3n) is 4.18. The predicted molar refractivity (Wildman–Crippen MR) is 80.4 cm³/mol. The molecule has 0 spiro atoms. The van der Waals surface area contributed by atoms with Crippen molar-refractivity contribution in [2.24, 2.45) is 0 Å². The molecule has 1 saturated carbocycles. The molecule has 0 unspecified atom stereocenters. The maximum Gasteiger partial charge on any atom is 0.178 e. The van der Waals surface area contributed by atoms with Gasteiger partial charge in [-0.3, -0.25) is 9.69 Å². The van der Waals surface area contributed by atoms with Gasteiger partial charge < -0.3 is 9.30 Å². The number of ketones is 1. The van der Waals surface area contributed by atoms with E-state index in [0.717, 1.165) is 24.3 Å². The number of hydrogen-bond acceptors (Lipinski definition) is 3. The largest absolute Gasteiger partial charge is 0.383 e. The number of aryl methyl sites for hydroxylation is 1. The number of carbonyl (C=O) groups is 1. The molecule has 1 heterocycles. The molecule has 1 fully saturated rings. The molecule has 1 aliphatic carbocycles. The monoisotopic (exact) mass is 278 g/mol. The van der Waals surface area contributed by atoms with E-state index in [1.807, 2.05) is 13.0 Å². The molecule has 0 saturated heterocycles. The van der Waals surface area contributed by atoms with E-state index in [9.17, 15) is 4.79 Å². The fraction of sp³-hybridized carbons (Fsp3) is 0.688. The summed E-state index contributed by atoms with van der Waals surface area (Å²) < 4.78 is 7.34. The first-order valence-corrected chi connectivity index (χ1v) is 7.51. The van der Waals surface area contributed by atoms with E-state index in [1.165, 1.54) is 18.5 Å². The molecule has 0 bridgehead atoms. The van der Waals surface area contributed by atoms with Crippen LogP contribution in [0.4, 0.5) is 0 Å². The van der Waals surface area contributed by atoms with Crippen LogP contribution in [0.5, 0.6) is 0 Å². The van der Waals surface area contributed by atoms with Crippen molar-refractivity contribution in [1.82, 2.24) is 9.47 Å². The summed E-state index contributed by atoms with van der Waals surface area (Å²) in [6.07, 6.45) is 2.43. The second kappa shape index (κ2) is 6.55. The summed E-state index contributed by atoms with van der Waals surface area (Å²) in [6, 6.07) is 2.62. The SMILES string of the molecule is CCn1c(C)cc(C(=O)CN(CCOC)C2CC2)c1C. The number of carbonyl (C=O) groups excluding carboxylic acids is 1. The van der Waals surface area contributed by atoms with E-state index >= 15 is 0 Å². The van der Waals surface area contributed by atoms with Gasteiger partial charge in [0.1, 0.15) is 0 Å². The molecular weight excluding hydrogens is 252 g/mol. The number of hydrogen-bond donors (Lipinski definition) is 0. The first-order chi connectivity index (χ1) is 9.58. The maximum atomic E-state index is 12.6. The van der Waals surface area contributed by atoms with E-state index in [1.54, 1.807) is 7.11 Å². The van der Waals surface area contributed by atoms with Gasteiger partial charge in [0.15, 0.2) is 5.78 Å². The predicted octanol–water partition coefficient (Wildman–Crippen LogP) is 2.42. The first-order valence-electron chi connectivity index (χ1n) is 7.51. The average molecular weight is 278 g/mol. The molecule has 1 aromatic rings. The summed E-state index contributed by atoms with van der Waals surface area (Å²) in [5, 5.41) is 0. The molecule has 1 aromatic heterocycles. The van der Waals surface area contributed by atoms with Gasteiger partial charge in [0, 0.05) is 43.2 Å². The average Bonchev–Trinajstić information content (AvgIpc) is 3.21. The van der Waals surface area contributed by atoms with Gasteiger partial charge in [0.05, 0.1) is 13.2 Å². The quantitative estimate of drug-likeness (QED) is 0.685. The van der Waals surface area contributed by atoms with Crippen molar-refractivity contribution >= 4 is 5.78 Å². The van der Waals surface area contributed by atoms with Crippen LogP contribution in [-0.4, -0.2) is 48.1 Å². The van der Waals surface area contributed by atoms with E-state index < -0.39 is 0 Å². The summed E-state index contributed by atoms with van der Waals surface area (Å²) in [6.45, 7) is 9.20. The van der Waals surface area contributed by atoms with Crippen LogP contribution in [0.1, 0.15) is 41.5 Å². The smallest absolute Gasteiger partial charge is 0.178 e. The molecule has 0 atom stereocenters. The maximum absolute atomic E-state index is 12.6. The van der Waals surface area contributed by atoms with E-state index in [4.69, 9.17) is 4.74 Å². The minimum absolute atomic E-state index is 0.237. The third kappa shape index (κ3) is 3.30. The number of Topliss-reactive ketones (excluding diaryl/α,β-unsaturated/α-hetero) is 1. The fourth-order valence-electron chi connectivity index (χ4n) is 2.88. The van der Waals surface area contributed by atoms with Gasteiger partial charge in [-0.25, -0.2) is 0 Å². The Labute approximate surface area is 121 Å². The highest BCUT2D eigenvalue weighted by Crippen LogP contribution is 2.27. The Kier molecular flexibility index (Phi) is 5.00. The Bertz CT molecular complexity index is 475. The zero-order valence-corrected chi connectivity index (χ0v) is 13.1. The minimum atomic E-state index is 0.237. The molecular formula is C16H26N2O2. The number of methoxy groups -OCH3 is 1. The van der Waals surface area contributed by atoms with Gasteiger partial charge in [0.25, 0.3) is 0 Å². The van der Waals surface area contributed by atoms with E-state index in [-0.39, 0.29) is 5.78 Å². The number of ether oxygens (including phenoxy) is 1. The fourth-order valence-corrected chi connectivity index (χ4v) is 2.88. The van der Waals surface area contributed by atoms with Crippen molar-refractivity contribution in [2.45, 2.75) is 46.2 Å². The number of rotatable bonds is 8. The van der Waals surface area contributed by atoms with Gasteiger partial charge in [0.2, 0.25) is 0 Å². The Morgan fingerprint density at radius 2 is 2.15 bits per heavy atom. The highest BCUT2D eigenvalue weighted by molar-refractivity contribution is 5.99. The number of nitrogens with zero attached hydrogens (tertiary/aromatic N) is 2. The lowest BCUT2D eigenvalue weighted by Gasteiger charge is -2.20. The highest BCUT2D eigenvalue weighted by Gasteiger charge is 2.30. The Morgan fingerprint density at radius 1 is 1.45 bits per heavy atom. The van der Waals surface area contributed by atoms with Gasteiger partial charge in [-0.2, -0.15) is 0 Å². The van der Waals surface area contributed by atoms with Crippen LogP contribution in [0.15, 0.2) is 6.07 Å². The van der Waals surface area contributed by atoms with Crippen LogP contribution < -0.4 is 0 Å². The molecule has 0 N–H and O–H groups in total. The standard InChI is InChI=1S/C16H26N2O2/c1-5-18-12(2)10-15(13(18)3)16(19)11-17(8-9-20-4)14-6-7-14/h10,14H,5-9,11H2,1-4H3. The van der Waals surface area contributed by atoms with Crippen LogP contribution in [-0.2, 0) is 11.3 Å². The van der Waals surface area contributed by atoms with Crippen LogP contribution in [0.3, 0.4) is 0 Å². The zero-order valence-electron chi connectivity index (χ0n) is 13.1. The lowest BCUT2D eigenvalue weighted by molar-refractivity contribution is 0.0885. The summed E-state index contributed by atoms with van der Waals surface area (Å²) in [5.74, 6) is 0.237. The molecule has 0 aliphatic heterocycles. The zero-order chi connectivity index (χ0) is 14.7. The van der Waals surface area contributed by atoms with E-state index in [0.29, 0.717) is 19.2 Å². The molecule has 0 amide bonds. The van der Waals surface area contributed by atoms with Gasteiger partial charge in [-0.1, -0.05) is 0 Å². The second-order valence-electron chi connectivity index (χ2n) is 5.65. The van der Waals surface area contributed by atoms with Crippen molar-refractivity contribution < 1.29 is 9.53 Å². The van der Waals surface area contributed by atoms with Crippen LogP contribution >= 0.6 is 0 Å². The van der Waals surface area contributed by atoms with Crippen LogP contribution in [0.2, 0.25) is 0 Å². The summed E-state index contributed by atoms with van der Waals surface area (Å²) in [5.41, 5.74) is 3.15. The second-order valence-corrected chi connectivity index (χ2v) is 5.65. The van der Waals surface area contributed by atoms with Crippen molar-refractivity contribution in [3.63, 3.8) is 0 Å². The van der Waals surface area contributed by atoms with Gasteiger partial charge in [-0.15, -0.1) is 0 Å². The van der Waals surface area contributed by atoms with Crippen molar-refractivity contribution in [3.05, 3.63) is 23.0 Å². The molecule has 2 rings (SSSR count). The Hall–Kier alpha value is -1.13. The van der Waals surface area contributed by atoms with E-state index in [2.05, 4.69) is 23.3 Å². The molecule has 20 heavy (non-hydrogen) atoms. The normalized spacial score (nSPS) is 15.1. The van der Waals surface area contributed by atoms with Gasteiger partial charge >= 0.3 is 0 Å². The lowest BCUT2D eigenvalue weighted by Crippen LogP contribution is -2.34. The van der Waals surface area contributed by atoms with Gasteiger partial charge in [-0.05, 0) is 39.7 Å². The lowest BCUT2D eigenvalue weighted by atomic mass is 10.1. The van der Waals surface area contributed by atoms with Crippen LogP contribution in [0.25, 0.3) is 0 Å². The van der Waals surface area contributed by atoms with Crippen LogP contribution in [0, 0.1) is 13.8 Å². The molecule has 112 valence electrons. The third-order valence-corrected chi connectivity index (χ3v) is 4.18. The molecule has 4 heteroatoms. The number of aromatic nitrogens is 1. The summed E-state index contributed by atoms with van der Waals surface area (Å²) >= 11 is 0. The molecule has 0 radical (unpaired) electrons. The summed E-state index contributed by atoms with van der Waals surface area (Å²) in [7, 11) is 1.71. The topological polar surface area (TPSA) is 34.5 Å². The highest BCUT2D eigenvalue weighted by atomic mass is 16.5. The molecule has 4 nitrogen and oxygen atoms in total. The van der Waals surface area contributed by atoms with Crippen molar-refractivity contribution in [1.29, 1.82) is 0 Å². The minimum Gasteiger partial charge on any atom is -0.383 e. The van der Waals surface area contributed by atoms with Crippen molar-refractivity contribution in [3.8, 4) is 0 Å². The molecule has 0 aromatic carbocycles. The Morgan fingerprint density at radius 3 is 2.65 bits per heavy atom. The first kappa shape index (κ1) is 15.3. The molecule has 1 aliphatic rings.